The van der Waals surface area contributed by atoms with Crippen LogP contribution in [0.2, 0.25) is 0 Å². The van der Waals surface area contributed by atoms with E-state index < -0.39 is 11.4 Å². The zero-order chi connectivity index (χ0) is 12.2. The summed E-state index contributed by atoms with van der Waals surface area (Å²) >= 11 is 3.02. The van der Waals surface area contributed by atoms with Gasteiger partial charge in [0, 0.05) is 5.75 Å². The molecule has 16 heavy (non-hydrogen) atoms. The lowest BCUT2D eigenvalue weighted by Crippen LogP contribution is -2.49. The number of aryl methyl sites for hydroxylation is 1. The van der Waals surface area contributed by atoms with Gasteiger partial charge < -0.3 is 11.5 Å². The number of carbonyl (C=O) groups excluding carboxylic acids is 1. The molecule has 1 aromatic heterocycles. The third-order valence-corrected chi connectivity index (χ3v) is 4.15. The number of aromatic nitrogens is 2. The zero-order valence-corrected chi connectivity index (χ0v) is 11.0. The topological polar surface area (TPSA) is 94.9 Å². The van der Waals surface area contributed by atoms with E-state index in [0.29, 0.717) is 6.42 Å². The van der Waals surface area contributed by atoms with E-state index in [2.05, 4.69) is 9.36 Å². The summed E-state index contributed by atoms with van der Waals surface area (Å²) in [6.45, 7) is 3.53. The smallest absolute Gasteiger partial charge is 0.237 e. The minimum Gasteiger partial charge on any atom is -0.368 e. The van der Waals surface area contributed by atoms with Crippen molar-refractivity contribution in [2.75, 3.05) is 5.75 Å². The fourth-order valence-corrected chi connectivity index (χ4v) is 2.72. The van der Waals surface area contributed by atoms with Crippen LogP contribution in [0.15, 0.2) is 4.34 Å². The summed E-state index contributed by atoms with van der Waals surface area (Å²) in [5.74, 6) is 1.21. The number of rotatable bonds is 6. The molecule has 1 rings (SSSR count). The minimum absolute atomic E-state index is 0.454. The van der Waals surface area contributed by atoms with Crippen LogP contribution in [0.4, 0.5) is 0 Å². The van der Waals surface area contributed by atoms with E-state index in [1.54, 1.807) is 18.7 Å². The molecule has 90 valence electrons. The molecule has 0 fully saturated rings. The van der Waals surface area contributed by atoms with Crippen LogP contribution in [-0.4, -0.2) is 26.6 Å². The maximum absolute atomic E-state index is 11.0. The molecule has 0 aliphatic heterocycles. The first kappa shape index (κ1) is 13.4. The van der Waals surface area contributed by atoms with E-state index in [4.69, 9.17) is 11.5 Å². The number of nitrogens with zero attached hydrogens (tertiary/aromatic N) is 2. The van der Waals surface area contributed by atoms with Gasteiger partial charge in [0.1, 0.15) is 5.82 Å². The molecule has 1 atom stereocenters. The van der Waals surface area contributed by atoms with Crippen LogP contribution in [0.25, 0.3) is 0 Å². The van der Waals surface area contributed by atoms with Gasteiger partial charge in [-0.2, -0.15) is 4.37 Å². The average Bonchev–Trinajstić information content (AvgIpc) is 2.59. The second-order valence-corrected chi connectivity index (χ2v) is 5.94. The Hall–Kier alpha value is -0.660. The van der Waals surface area contributed by atoms with Gasteiger partial charge in [-0.1, -0.05) is 11.8 Å². The molecule has 0 aromatic carbocycles. The normalized spacial score (nSPS) is 14.7. The van der Waals surface area contributed by atoms with Gasteiger partial charge in [0.2, 0.25) is 5.91 Å². The van der Waals surface area contributed by atoms with Crippen molar-refractivity contribution in [2.45, 2.75) is 36.6 Å². The number of primary amides is 1. The van der Waals surface area contributed by atoms with Crippen molar-refractivity contribution in [3.05, 3.63) is 5.82 Å². The Morgan fingerprint density at radius 1 is 1.62 bits per heavy atom. The highest BCUT2D eigenvalue weighted by atomic mass is 32.2. The van der Waals surface area contributed by atoms with Crippen LogP contribution < -0.4 is 11.5 Å². The van der Waals surface area contributed by atoms with Gasteiger partial charge in [0.05, 0.1) is 5.54 Å². The predicted molar refractivity (Wildman–Crippen MR) is 66.4 cm³/mol. The largest absolute Gasteiger partial charge is 0.368 e. The molecule has 4 N–H and O–H groups in total. The van der Waals surface area contributed by atoms with Crippen molar-refractivity contribution in [1.82, 2.24) is 9.36 Å². The highest BCUT2D eigenvalue weighted by Crippen LogP contribution is 2.22. The molecular weight excluding hydrogens is 244 g/mol. The molecule has 0 saturated heterocycles. The van der Waals surface area contributed by atoms with Crippen LogP contribution in [0.5, 0.6) is 0 Å². The van der Waals surface area contributed by atoms with Crippen molar-refractivity contribution in [3.63, 3.8) is 0 Å². The van der Waals surface area contributed by atoms with Crippen LogP contribution >= 0.6 is 23.3 Å². The Bertz CT molecular complexity index is 364. The molecule has 5 nitrogen and oxygen atoms in total. The third kappa shape index (κ3) is 4.07. The molecule has 1 aromatic rings. The Labute approximate surface area is 103 Å². The lowest BCUT2D eigenvalue weighted by atomic mass is 9.97. The van der Waals surface area contributed by atoms with Gasteiger partial charge in [-0.05, 0) is 38.2 Å². The highest BCUT2D eigenvalue weighted by Gasteiger charge is 2.24. The Morgan fingerprint density at radius 2 is 2.31 bits per heavy atom. The Morgan fingerprint density at radius 3 is 2.81 bits per heavy atom. The van der Waals surface area contributed by atoms with Crippen molar-refractivity contribution >= 4 is 29.2 Å². The lowest BCUT2D eigenvalue weighted by molar-refractivity contribution is -0.122. The zero-order valence-electron chi connectivity index (χ0n) is 9.40. The fraction of sp³-hybridized carbons (Fsp3) is 0.667. The molecule has 0 saturated carbocycles. The molecule has 0 aliphatic carbocycles. The molecule has 0 bridgehead atoms. The van der Waals surface area contributed by atoms with Crippen molar-refractivity contribution in [3.8, 4) is 0 Å². The number of thioether (sulfide) groups is 1. The fourth-order valence-electron chi connectivity index (χ4n) is 1.06. The quantitative estimate of drug-likeness (QED) is 0.586. The number of amides is 1. The van der Waals surface area contributed by atoms with Crippen LogP contribution in [-0.2, 0) is 4.79 Å². The van der Waals surface area contributed by atoms with Gasteiger partial charge >= 0.3 is 0 Å². The van der Waals surface area contributed by atoms with Crippen LogP contribution in [0.1, 0.15) is 25.6 Å². The molecule has 1 heterocycles. The highest BCUT2D eigenvalue weighted by molar-refractivity contribution is 8.00. The van der Waals surface area contributed by atoms with Crippen molar-refractivity contribution in [1.29, 1.82) is 0 Å². The van der Waals surface area contributed by atoms with Crippen molar-refractivity contribution in [2.24, 2.45) is 11.5 Å². The van der Waals surface area contributed by atoms with E-state index in [9.17, 15) is 4.79 Å². The summed E-state index contributed by atoms with van der Waals surface area (Å²) < 4.78 is 5.04. The summed E-state index contributed by atoms with van der Waals surface area (Å²) in [4.78, 5) is 15.2. The van der Waals surface area contributed by atoms with Crippen molar-refractivity contribution < 1.29 is 4.79 Å². The number of nitrogens with two attached hydrogens (primary N) is 2. The predicted octanol–water partition coefficient (Wildman–Crippen LogP) is 0.922. The molecule has 1 amide bonds. The maximum Gasteiger partial charge on any atom is 0.237 e. The summed E-state index contributed by atoms with van der Waals surface area (Å²) in [6, 6.07) is 0. The van der Waals surface area contributed by atoms with Gasteiger partial charge in [-0.3, -0.25) is 4.79 Å². The van der Waals surface area contributed by atoms with E-state index in [1.165, 1.54) is 11.5 Å². The summed E-state index contributed by atoms with van der Waals surface area (Å²) in [5.41, 5.74) is 10.0. The molecule has 0 radical (unpaired) electrons. The minimum atomic E-state index is -0.905. The second-order valence-electron chi connectivity index (χ2n) is 3.84. The average molecular weight is 260 g/mol. The first-order chi connectivity index (χ1) is 7.42. The number of hydrogen-bond donors (Lipinski definition) is 2. The van der Waals surface area contributed by atoms with E-state index in [0.717, 1.165) is 22.3 Å². The molecule has 0 aliphatic rings. The molecular formula is C9H16N4OS2. The summed E-state index contributed by atoms with van der Waals surface area (Å²) in [6.07, 6.45) is 1.42. The second kappa shape index (κ2) is 5.60. The van der Waals surface area contributed by atoms with Crippen LogP contribution in [0.3, 0.4) is 0 Å². The summed E-state index contributed by atoms with van der Waals surface area (Å²) in [7, 11) is 0. The van der Waals surface area contributed by atoms with E-state index in [-0.39, 0.29) is 0 Å². The van der Waals surface area contributed by atoms with Gasteiger partial charge in [-0.25, -0.2) is 4.98 Å². The maximum atomic E-state index is 11.0. The molecule has 0 spiro atoms. The van der Waals surface area contributed by atoms with Gasteiger partial charge in [-0.15, -0.1) is 0 Å². The Balaban J connectivity index is 2.24. The third-order valence-electron chi connectivity index (χ3n) is 2.14. The van der Waals surface area contributed by atoms with Crippen LogP contribution in [0, 0.1) is 6.92 Å². The molecule has 1 unspecified atom stereocenters. The number of carbonyl (C=O) groups is 1. The molecule has 7 heteroatoms. The number of hydrogen-bond acceptors (Lipinski definition) is 6. The standard InChI is InChI=1S/C9H16N4OS2/c1-6-12-8(16-13-6)15-5-3-4-9(2,11)7(10)14/h3-5,11H2,1-2H3,(H2,10,14). The Kier molecular flexibility index (Phi) is 4.69. The first-order valence-corrected chi connectivity index (χ1v) is 6.69. The van der Waals surface area contributed by atoms with E-state index >= 15 is 0 Å². The lowest BCUT2D eigenvalue weighted by Gasteiger charge is -2.19. The van der Waals surface area contributed by atoms with E-state index in [1.807, 2.05) is 6.92 Å². The monoisotopic (exact) mass is 260 g/mol. The van der Waals surface area contributed by atoms with Gasteiger partial charge in [0.15, 0.2) is 4.34 Å². The first-order valence-electron chi connectivity index (χ1n) is 4.94. The van der Waals surface area contributed by atoms with Gasteiger partial charge in [0.25, 0.3) is 0 Å². The summed E-state index contributed by atoms with van der Waals surface area (Å²) in [5, 5.41) is 0. The SMILES string of the molecule is Cc1nsc(SCCCC(C)(N)C(N)=O)n1.